The van der Waals surface area contributed by atoms with E-state index in [0.29, 0.717) is 22.8 Å². The number of hydrogen-bond donors (Lipinski definition) is 2. The molecule has 0 aromatic heterocycles. The lowest BCUT2D eigenvalue weighted by Gasteiger charge is -2.17. The number of carbonyl (C=O) groups is 2. The molecule has 1 atom stereocenters. The number of urea groups is 1. The van der Waals surface area contributed by atoms with Crippen molar-refractivity contribution in [2.24, 2.45) is 0 Å². The number of halogens is 2. The number of nitrogens with zero attached hydrogens (tertiary/aromatic N) is 1. The molecule has 1 heterocycles. The first-order chi connectivity index (χ1) is 11.9. The standard InChI is InChI=1S/C18H17ClFN3O2/c1-11-2-5-13(8-16(11)20)21-18(25)22-14-9-17(24)23(10-14)15-6-3-12(19)4-7-15/h2-8,14H,9-10H2,1H3,(H2,21,22,25). The average molecular weight is 362 g/mol. The zero-order chi connectivity index (χ0) is 18.0. The quantitative estimate of drug-likeness (QED) is 0.875. The molecule has 5 nitrogen and oxygen atoms in total. The molecule has 1 unspecified atom stereocenters. The number of carbonyl (C=O) groups excluding carboxylic acids is 2. The Hall–Kier alpha value is -2.60. The molecular formula is C18H17ClFN3O2. The van der Waals surface area contributed by atoms with Crippen LogP contribution in [-0.2, 0) is 4.79 Å². The number of hydrogen-bond acceptors (Lipinski definition) is 2. The summed E-state index contributed by atoms with van der Waals surface area (Å²) < 4.78 is 13.5. The number of amides is 3. The Balaban J connectivity index is 1.60. The van der Waals surface area contributed by atoms with Crippen molar-refractivity contribution >= 4 is 34.9 Å². The van der Waals surface area contributed by atoms with Crippen LogP contribution in [0.5, 0.6) is 0 Å². The summed E-state index contributed by atoms with van der Waals surface area (Å²) in [5, 5.41) is 5.91. The highest BCUT2D eigenvalue weighted by Crippen LogP contribution is 2.23. The second kappa shape index (κ2) is 7.11. The fourth-order valence-electron chi connectivity index (χ4n) is 2.70. The highest BCUT2D eigenvalue weighted by atomic mass is 35.5. The van der Waals surface area contributed by atoms with Crippen molar-refractivity contribution < 1.29 is 14.0 Å². The highest BCUT2D eigenvalue weighted by molar-refractivity contribution is 6.30. The van der Waals surface area contributed by atoms with Gasteiger partial charge in [-0.2, -0.15) is 0 Å². The third kappa shape index (κ3) is 4.09. The highest BCUT2D eigenvalue weighted by Gasteiger charge is 2.31. The molecule has 2 aromatic carbocycles. The third-order valence-corrected chi connectivity index (χ3v) is 4.28. The topological polar surface area (TPSA) is 61.4 Å². The van der Waals surface area contributed by atoms with Gasteiger partial charge in [0.1, 0.15) is 5.82 Å². The zero-order valence-corrected chi connectivity index (χ0v) is 14.3. The summed E-state index contributed by atoms with van der Waals surface area (Å²) in [6.07, 6.45) is 0.207. The number of benzene rings is 2. The van der Waals surface area contributed by atoms with Crippen LogP contribution in [0.2, 0.25) is 5.02 Å². The van der Waals surface area contributed by atoms with Crippen LogP contribution < -0.4 is 15.5 Å². The van der Waals surface area contributed by atoms with E-state index in [1.165, 1.54) is 6.07 Å². The molecule has 25 heavy (non-hydrogen) atoms. The fourth-order valence-corrected chi connectivity index (χ4v) is 2.82. The lowest BCUT2D eigenvalue weighted by Crippen LogP contribution is -2.39. The van der Waals surface area contributed by atoms with E-state index in [4.69, 9.17) is 11.6 Å². The van der Waals surface area contributed by atoms with Gasteiger partial charge >= 0.3 is 6.03 Å². The lowest BCUT2D eigenvalue weighted by molar-refractivity contribution is -0.117. The fraction of sp³-hybridized carbons (Fsp3) is 0.222. The minimum Gasteiger partial charge on any atom is -0.333 e. The number of nitrogens with one attached hydrogen (secondary N) is 2. The molecule has 3 amide bonds. The van der Waals surface area contributed by atoms with Crippen molar-refractivity contribution in [1.29, 1.82) is 0 Å². The summed E-state index contributed by atoms with van der Waals surface area (Å²) in [4.78, 5) is 25.8. The molecule has 1 saturated heterocycles. The van der Waals surface area contributed by atoms with Crippen molar-refractivity contribution in [1.82, 2.24) is 5.32 Å². The summed E-state index contributed by atoms with van der Waals surface area (Å²) in [6, 6.07) is 10.6. The Morgan fingerprint density at radius 3 is 2.64 bits per heavy atom. The monoisotopic (exact) mass is 361 g/mol. The molecule has 3 rings (SSSR count). The second-order valence-electron chi connectivity index (χ2n) is 5.94. The molecule has 0 aliphatic carbocycles. The lowest BCUT2D eigenvalue weighted by atomic mass is 10.2. The first-order valence-electron chi connectivity index (χ1n) is 7.82. The minimum atomic E-state index is -0.473. The average Bonchev–Trinajstić information content (AvgIpc) is 2.92. The van der Waals surface area contributed by atoms with E-state index in [2.05, 4.69) is 10.6 Å². The van der Waals surface area contributed by atoms with Gasteiger partial charge in [-0.25, -0.2) is 9.18 Å². The Labute approximate surface area is 149 Å². The van der Waals surface area contributed by atoms with Gasteiger partial charge in [0.2, 0.25) is 5.91 Å². The Kier molecular flexibility index (Phi) is 4.90. The van der Waals surface area contributed by atoms with Crippen LogP contribution in [-0.4, -0.2) is 24.5 Å². The molecule has 1 aliphatic rings. The van der Waals surface area contributed by atoms with Gasteiger partial charge in [0.25, 0.3) is 0 Å². The molecule has 0 saturated carbocycles. The molecule has 1 fully saturated rings. The van der Waals surface area contributed by atoms with Gasteiger partial charge in [-0.3, -0.25) is 4.79 Å². The molecule has 2 aromatic rings. The third-order valence-electron chi connectivity index (χ3n) is 4.03. The van der Waals surface area contributed by atoms with Gasteiger partial charge < -0.3 is 15.5 Å². The summed E-state index contributed by atoms with van der Waals surface area (Å²) in [5.41, 5.74) is 1.60. The number of anilines is 2. The summed E-state index contributed by atoms with van der Waals surface area (Å²) in [7, 11) is 0. The van der Waals surface area contributed by atoms with E-state index in [9.17, 15) is 14.0 Å². The normalized spacial score (nSPS) is 16.8. The molecular weight excluding hydrogens is 345 g/mol. The Morgan fingerprint density at radius 2 is 1.96 bits per heavy atom. The maximum atomic E-state index is 13.5. The summed E-state index contributed by atoms with van der Waals surface area (Å²) in [5.74, 6) is -0.461. The van der Waals surface area contributed by atoms with E-state index in [1.807, 2.05) is 0 Å². The summed E-state index contributed by atoms with van der Waals surface area (Å²) in [6.45, 7) is 2.02. The van der Waals surface area contributed by atoms with Crippen molar-refractivity contribution in [2.75, 3.05) is 16.8 Å². The van der Waals surface area contributed by atoms with Crippen molar-refractivity contribution in [3.8, 4) is 0 Å². The molecule has 0 radical (unpaired) electrons. The van der Waals surface area contributed by atoms with Crippen LogP contribution in [0.3, 0.4) is 0 Å². The van der Waals surface area contributed by atoms with Crippen LogP contribution in [0.1, 0.15) is 12.0 Å². The van der Waals surface area contributed by atoms with Crippen molar-refractivity contribution in [3.05, 3.63) is 58.9 Å². The Bertz CT molecular complexity index is 810. The minimum absolute atomic E-state index is 0.0750. The molecule has 0 spiro atoms. The first-order valence-corrected chi connectivity index (χ1v) is 8.20. The Morgan fingerprint density at radius 1 is 1.24 bits per heavy atom. The van der Waals surface area contributed by atoms with Crippen molar-refractivity contribution in [2.45, 2.75) is 19.4 Å². The predicted octanol–water partition coefficient (Wildman–Crippen LogP) is 3.71. The van der Waals surface area contributed by atoms with Crippen LogP contribution in [0.15, 0.2) is 42.5 Å². The van der Waals surface area contributed by atoms with Crippen molar-refractivity contribution in [3.63, 3.8) is 0 Å². The zero-order valence-electron chi connectivity index (χ0n) is 13.6. The van der Waals surface area contributed by atoms with E-state index in [-0.39, 0.29) is 24.2 Å². The summed E-state index contributed by atoms with van der Waals surface area (Å²) >= 11 is 5.85. The van der Waals surface area contributed by atoms with E-state index in [0.717, 1.165) is 5.69 Å². The van der Waals surface area contributed by atoms with Gasteiger partial charge in [0, 0.05) is 29.4 Å². The largest absolute Gasteiger partial charge is 0.333 e. The van der Waals surface area contributed by atoms with Gasteiger partial charge in [0.15, 0.2) is 0 Å². The molecule has 2 N–H and O–H groups in total. The molecule has 1 aliphatic heterocycles. The number of rotatable bonds is 3. The van der Waals surface area contributed by atoms with E-state index >= 15 is 0 Å². The number of aryl methyl sites for hydroxylation is 1. The van der Waals surface area contributed by atoms with Gasteiger partial charge in [-0.15, -0.1) is 0 Å². The van der Waals surface area contributed by atoms with Gasteiger partial charge in [0.05, 0.1) is 6.04 Å². The smallest absolute Gasteiger partial charge is 0.319 e. The van der Waals surface area contributed by atoms with E-state index < -0.39 is 6.03 Å². The van der Waals surface area contributed by atoms with Crippen LogP contribution in [0.25, 0.3) is 0 Å². The SMILES string of the molecule is Cc1ccc(NC(=O)NC2CC(=O)N(c3ccc(Cl)cc3)C2)cc1F. The second-order valence-corrected chi connectivity index (χ2v) is 6.38. The van der Waals surface area contributed by atoms with Gasteiger partial charge in [-0.1, -0.05) is 17.7 Å². The molecule has 130 valence electrons. The van der Waals surface area contributed by atoms with Crippen LogP contribution >= 0.6 is 11.6 Å². The van der Waals surface area contributed by atoms with Crippen LogP contribution in [0.4, 0.5) is 20.6 Å². The first kappa shape index (κ1) is 17.2. The predicted molar refractivity (Wildman–Crippen MR) is 95.5 cm³/mol. The van der Waals surface area contributed by atoms with E-state index in [1.54, 1.807) is 48.2 Å². The molecule has 0 bridgehead atoms. The van der Waals surface area contributed by atoms with Gasteiger partial charge in [-0.05, 0) is 48.9 Å². The maximum Gasteiger partial charge on any atom is 0.319 e. The maximum absolute atomic E-state index is 13.5. The van der Waals surface area contributed by atoms with Crippen LogP contribution in [0, 0.1) is 12.7 Å². The molecule has 7 heteroatoms.